The smallest absolute Gasteiger partial charge is 0.326 e. The Morgan fingerprint density at radius 1 is 1.60 bits per heavy atom. The average Bonchev–Trinajstić information content (AvgIpc) is 2.92. The largest absolute Gasteiger partial charge is 0.465 e. The summed E-state index contributed by atoms with van der Waals surface area (Å²) >= 11 is 3.30. The Morgan fingerprint density at radius 2 is 2.45 bits per heavy atom. The number of nitrogens with one attached hydrogen (secondary N) is 1. The summed E-state index contributed by atoms with van der Waals surface area (Å²) in [7, 11) is 0. The van der Waals surface area contributed by atoms with Crippen molar-refractivity contribution >= 4 is 29.1 Å². The zero-order valence-corrected chi connectivity index (χ0v) is 13.1. The lowest BCUT2D eigenvalue weighted by Crippen LogP contribution is -2.52. The van der Waals surface area contributed by atoms with Crippen LogP contribution >= 0.6 is 23.1 Å². The second-order valence-corrected chi connectivity index (χ2v) is 7.79. The number of nitrogens with zero attached hydrogens (tertiary/aromatic N) is 2. The summed E-state index contributed by atoms with van der Waals surface area (Å²) < 4.78 is 6.29. The highest BCUT2D eigenvalue weighted by molar-refractivity contribution is 8.01. The zero-order chi connectivity index (χ0) is 14.0. The van der Waals surface area contributed by atoms with Crippen LogP contribution in [0.25, 0.3) is 0 Å². The third-order valence-electron chi connectivity index (χ3n) is 3.80. The summed E-state index contributed by atoms with van der Waals surface area (Å²) in [6.45, 7) is 2.31. The van der Waals surface area contributed by atoms with Crippen molar-refractivity contribution in [3.63, 3.8) is 0 Å². The van der Waals surface area contributed by atoms with E-state index in [0.29, 0.717) is 17.9 Å². The van der Waals surface area contributed by atoms with Gasteiger partial charge in [0.15, 0.2) is 4.34 Å². The van der Waals surface area contributed by atoms with Crippen molar-refractivity contribution in [3.8, 4) is 0 Å². The van der Waals surface area contributed by atoms with Crippen molar-refractivity contribution < 1.29 is 9.53 Å². The third-order valence-corrected chi connectivity index (χ3v) is 5.88. The van der Waals surface area contributed by atoms with Gasteiger partial charge in [0.2, 0.25) is 0 Å². The number of esters is 1. The van der Waals surface area contributed by atoms with Crippen LogP contribution in [0.4, 0.5) is 0 Å². The second kappa shape index (κ2) is 5.99. The third kappa shape index (κ3) is 3.15. The first-order valence-corrected chi connectivity index (χ1v) is 8.85. The van der Waals surface area contributed by atoms with E-state index in [0.717, 1.165) is 23.6 Å². The number of carbonyl (C=O) groups excluding carboxylic acids is 1. The Morgan fingerprint density at radius 3 is 3.10 bits per heavy atom. The molecular weight excluding hydrogens is 294 g/mol. The van der Waals surface area contributed by atoms with Gasteiger partial charge in [-0.25, -0.2) is 0 Å². The molecule has 2 saturated carbocycles. The molecule has 2 aliphatic carbocycles. The highest BCUT2D eigenvalue weighted by atomic mass is 32.2. The SMILES string of the molecule is CCOC(=O)C1(NC2CC2)CCC(Sc2nncs2)C1. The van der Waals surface area contributed by atoms with Gasteiger partial charge in [-0.3, -0.25) is 10.1 Å². The van der Waals surface area contributed by atoms with E-state index in [2.05, 4.69) is 15.5 Å². The van der Waals surface area contributed by atoms with Crippen LogP contribution in [0.1, 0.15) is 39.0 Å². The fourth-order valence-corrected chi connectivity index (χ4v) is 4.74. The molecule has 2 unspecified atom stereocenters. The van der Waals surface area contributed by atoms with Crippen LogP contribution < -0.4 is 5.32 Å². The molecule has 2 aliphatic rings. The Balaban J connectivity index is 1.66. The molecule has 2 atom stereocenters. The molecule has 1 aromatic rings. The number of hydrogen-bond donors (Lipinski definition) is 1. The van der Waals surface area contributed by atoms with Crippen molar-refractivity contribution in [1.82, 2.24) is 15.5 Å². The first-order valence-electron chi connectivity index (χ1n) is 7.09. The highest BCUT2D eigenvalue weighted by Crippen LogP contribution is 2.42. The standard InChI is InChI=1S/C13H19N3O2S2/c1-2-18-11(17)13(15-9-3-4-9)6-5-10(7-13)20-12-16-14-8-19-12/h8-10,15H,2-7H2,1H3. The summed E-state index contributed by atoms with van der Waals surface area (Å²) in [6.07, 6.45) is 5.05. The monoisotopic (exact) mass is 313 g/mol. The molecule has 5 nitrogen and oxygen atoms in total. The van der Waals surface area contributed by atoms with Gasteiger partial charge in [-0.15, -0.1) is 10.2 Å². The van der Waals surface area contributed by atoms with E-state index in [1.165, 1.54) is 12.8 Å². The summed E-state index contributed by atoms with van der Waals surface area (Å²) in [5.41, 5.74) is 1.28. The van der Waals surface area contributed by atoms with Crippen LogP contribution in [0, 0.1) is 0 Å². The van der Waals surface area contributed by atoms with Gasteiger partial charge in [0.05, 0.1) is 6.61 Å². The molecule has 20 heavy (non-hydrogen) atoms. The first-order chi connectivity index (χ1) is 9.72. The minimum atomic E-state index is -0.473. The molecule has 1 heterocycles. The topological polar surface area (TPSA) is 64.1 Å². The van der Waals surface area contributed by atoms with E-state index >= 15 is 0 Å². The van der Waals surface area contributed by atoms with Gasteiger partial charge in [0, 0.05) is 11.3 Å². The Labute approximate surface area is 126 Å². The number of carbonyl (C=O) groups is 1. The van der Waals surface area contributed by atoms with E-state index in [9.17, 15) is 4.79 Å². The predicted molar refractivity (Wildman–Crippen MR) is 78.9 cm³/mol. The Kier molecular flexibility index (Phi) is 4.28. The lowest BCUT2D eigenvalue weighted by Gasteiger charge is -2.28. The number of rotatable bonds is 6. The van der Waals surface area contributed by atoms with E-state index in [4.69, 9.17) is 4.74 Å². The van der Waals surface area contributed by atoms with E-state index in [1.54, 1.807) is 28.6 Å². The van der Waals surface area contributed by atoms with E-state index in [-0.39, 0.29) is 5.97 Å². The molecule has 0 aromatic carbocycles. The second-order valence-electron chi connectivity index (χ2n) is 5.41. The van der Waals surface area contributed by atoms with Crippen molar-refractivity contribution in [2.75, 3.05) is 6.61 Å². The number of aromatic nitrogens is 2. The van der Waals surface area contributed by atoms with Gasteiger partial charge in [0.1, 0.15) is 11.0 Å². The van der Waals surface area contributed by atoms with Crippen LogP contribution in [-0.4, -0.2) is 39.6 Å². The van der Waals surface area contributed by atoms with Gasteiger partial charge in [-0.05, 0) is 39.0 Å². The molecule has 7 heteroatoms. The highest BCUT2D eigenvalue weighted by Gasteiger charge is 2.49. The molecule has 110 valence electrons. The molecular formula is C13H19N3O2S2. The van der Waals surface area contributed by atoms with Crippen LogP contribution in [-0.2, 0) is 9.53 Å². The fourth-order valence-electron chi connectivity index (χ4n) is 2.72. The molecule has 1 N–H and O–H groups in total. The molecule has 0 aliphatic heterocycles. The number of thioether (sulfide) groups is 1. The summed E-state index contributed by atoms with van der Waals surface area (Å²) in [6, 6.07) is 0.504. The maximum absolute atomic E-state index is 12.4. The van der Waals surface area contributed by atoms with Gasteiger partial charge in [-0.2, -0.15) is 0 Å². The minimum absolute atomic E-state index is 0.0766. The molecule has 0 radical (unpaired) electrons. The normalized spacial score (nSPS) is 29.6. The van der Waals surface area contributed by atoms with Crippen molar-refractivity contribution in [2.24, 2.45) is 0 Å². The maximum Gasteiger partial charge on any atom is 0.326 e. The predicted octanol–water partition coefficient (Wildman–Crippen LogP) is 2.24. The maximum atomic E-state index is 12.4. The van der Waals surface area contributed by atoms with Crippen molar-refractivity contribution in [3.05, 3.63) is 5.51 Å². The Bertz CT molecular complexity index is 464. The van der Waals surface area contributed by atoms with Crippen LogP contribution in [0.15, 0.2) is 9.85 Å². The van der Waals surface area contributed by atoms with Crippen LogP contribution in [0.3, 0.4) is 0 Å². The quantitative estimate of drug-likeness (QED) is 0.813. The zero-order valence-electron chi connectivity index (χ0n) is 11.5. The fraction of sp³-hybridized carbons (Fsp3) is 0.769. The Hall–Kier alpha value is -0.660. The molecule has 3 rings (SSSR count). The summed E-state index contributed by atoms with van der Waals surface area (Å²) in [5.74, 6) is -0.0766. The molecule has 2 fully saturated rings. The van der Waals surface area contributed by atoms with Crippen molar-refractivity contribution in [1.29, 1.82) is 0 Å². The average molecular weight is 313 g/mol. The lowest BCUT2D eigenvalue weighted by molar-refractivity contribution is -0.151. The van der Waals surface area contributed by atoms with Crippen LogP contribution in [0.5, 0.6) is 0 Å². The number of ether oxygens (including phenoxy) is 1. The number of hydrogen-bond acceptors (Lipinski definition) is 7. The van der Waals surface area contributed by atoms with Gasteiger partial charge >= 0.3 is 5.97 Å². The van der Waals surface area contributed by atoms with Gasteiger partial charge in [0.25, 0.3) is 0 Å². The molecule has 0 amide bonds. The van der Waals surface area contributed by atoms with Gasteiger partial charge < -0.3 is 4.74 Å². The summed E-state index contributed by atoms with van der Waals surface area (Å²) in [4.78, 5) is 12.4. The van der Waals surface area contributed by atoms with E-state index < -0.39 is 5.54 Å². The lowest BCUT2D eigenvalue weighted by atomic mass is 9.97. The minimum Gasteiger partial charge on any atom is -0.465 e. The van der Waals surface area contributed by atoms with Crippen LogP contribution in [0.2, 0.25) is 0 Å². The first kappa shape index (κ1) is 14.3. The van der Waals surface area contributed by atoms with Crippen molar-refractivity contribution in [2.45, 2.75) is 60.2 Å². The van der Waals surface area contributed by atoms with E-state index in [1.807, 2.05) is 6.92 Å². The molecule has 0 saturated heterocycles. The summed E-state index contributed by atoms with van der Waals surface area (Å²) in [5, 5.41) is 11.9. The van der Waals surface area contributed by atoms with Gasteiger partial charge in [-0.1, -0.05) is 23.1 Å². The molecule has 0 spiro atoms. The molecule has 1 aromatic heterocycles. The molecule has 0 bridgehead atoms.